The van der Waals surface area contributed by atoms with E-state index in [-0.39, 0.29) is 6.10 Å². The quantitative estimate of drug-likeness (QED) is 0.369. The molecule has 2 aromatic heterocycles. The minimum Gasteiger partial charge on any atom is -0.490 e. The summed E-state index contributed by atoms with van der Waals surface area (Å²) in [6.45, 7) is 9.55. The van der Waals surface area contributed by atoms with Gasteiger partial charge in [-0.15, -0.1) is 0 Å². The van der Waals surface area contributed by atoms with Crippen molar-refractivity contribution in [2.75, 3.05) is 82.9 Å². The van der Waals surface area contributed by atoms with Crippen LogP contribution in [0.25, 0.3) is 11.0 Å². The fourth-order valence-corrected chi connectivity index (χ4v) is 5.82. The number of aromatic nitrogens is 4. The second-order valence-corrected chi connectivity index (χ2v) is 11.3. The molecular formula is C30H42N8O3. The molecule has 3 aliphatic rings. The highest BCUT2D eigenvalue weighted by molar-refractivity contribution is 5.85. The lowest BCUT2D eigenvalue weighted by atomic mass is 9.93. The van der Waals surface area contributed by atoms with Crippen LogP contribution in [0.1, 0.15) is 32.1 Å². The number of rotatable bonds is 10. The van der Waals surface area contributed by atoms with Crippen LogP contribution in [0.4, 0.5) is 11.6 Å². The molecule has 4 heterocycles. The topological polar surface area (TPSA) is 101 Å². The van der Waals surface area contributed by atoms with E-state index >= 15 is 0 Å². The first-order valence-corrected chi connectivity index (χ1v) is 15.1. The van der Waals surface area contributed by atoms with Crippen molar-refractivity contribution in [1.29, 1.82) is 0 Å². The summed E-state index contributed by atoms with van der Waals surface area (Å²) in [6.07, 6.45) is 12.1. The lowest BCUT2D eigenvalue weighted by Crippen LogP contribution is -2.44. The van der Waals surface area contributed by atoms with Gasteiger partial charge in [0.05, 0.1) is 43.8 Å². The maximum absolute atomic E-state index is 6.56. The first-order valence-electron chi connectivity index (χ1n) is 15.1. The highest BCUT2D eigenvalue weighted by Crippen LogP contribution is 2.33. The highest BCUT2D eigenvalue weighted by atomic mass is 16.5. The molecule has 2 aliphatic heterocycles. The summed E-state index contributed by atoms with van der Waals surface area (Å²) in [5, 5.41) is 3.50. The molecule has 0 atom stereocenters. The molecule has 11 nitrogen and oxygen atoms in total. The van der Waals surface area contributed by atoms with Crippen molar-refractivity contribution in [3.05, 3.63) is 36.9 Å². The maximum atomic E-state index is 6.56. The van der Waals surface area contributed by atoms with E-state index in [2.05, 4.69) is 59.1 Å². The number of anilines is 2. The van der Waals surface area contributed by atoms with E-state index < -0.39 is 0 Å². The van der Waals surface area contributed by atoms with Crippen LogP contribution in [0.3, 0.4) is 0 Å². The van der Waals surface area contributed by atoms with Crippen LogP contribution in [0, 0.1) is 0 Å². The number of ether oxygens (including phenoxy) is 3. The number of piperazine rings is 1. The van der Waals surface area contributed by atoms with Gasteiger partial charge in [-0.05, 0) is 45.2 Å². The fourth-order valence-electron chi connectivity index (χ4n) is 5.82. The van der Waals surface area contributed by atoms with Crippen molar-refractivity contribution in [3.63, 3.8) is 0 Å². The molecule has 11 heteroatoms. The van der Waals surface area contributed by atoms with Gasteiger partial charge in [-0.25, -0.2) is 15.0 Å². The standard InChI is InChI=1S/C30H42N8O3/c1-36-10-12-37(13-11-36)9-2-16-40-26-21-33-30(34-22-26)35-23-3-5-25(6-4-23)41-28-20-24(38-14-17-39-18-15-38)19-27-29(28)32-8-7-31-27/h7-8,19-23,25H,2-6,9-18H2,1H3,(H,33,34,35). The number of likely N-dealkylation sites (N-methyl/N-ethyl adjacent to an activating group) is 1. The van der Waals surface area contributed by atoms with Crippen molar-refractivity contribution < 1.29 is 14.2 Å². The minimum absolute atomic E-state index is 0.140. The summed E-state index contributed by atoms with van der Waals surface area (Å²) < 4.78 is 18.0. The molecule has 6 rings (SSSR count). The normalized spacial score (nSPS) is 22.5. The Kier molecular flexibility index (Phi) is 9.24. The van der Waals surface area contributed by atoms with Crippen molar-refractivity contribution in [1.82, 2.24) is 29.7 Å². The van der Waals surface area contributed by atoms with Crippen LogP contribution in [-0.2, 0) is 4.74 Å². The number of fused-ring (bicyclic) bond motifs is 1. The van der Waals surface area contributed by atoms with E-state index in [0.717, 1.165) is 119 Å². The summed E-state index contributed by atoms with van der Waals surface area (Å²) in [7, 11) is 2.18. The SMILES string of the molecule is CN1CCN(CCCOc2cnc(NC3CCC(Oc4cc(N5CCOCC5)cc5nccnc45)CC3)nc2)CC1. The summed E-state index contributed by atoms with van der Waals surface area (Å²) in [6, 6.07) is 4.55. The Labute approximate surface area is 242 Å². The molecule has 0 bridgehead atoms. The van der Waals surface area contributed by atoms with Gasteiger partial charge in [0.1, 0.15) is 11.3 Å². The first kappa shape index (κ1) is 27.9. The molecule has 1 aromatic carbocycles. The molecule has 2 saturated heterocycles. The highest BCUT2D eigenvalue weighted by Gasteiger charge is 2.25. The maximum Gasteiger partial charge on any atom is 0.223 e. The predicted molar refractivity (Wildman–Crippen MR) is 159 cm³/mol. The zero-order chi connectivity index (χ0) is 27.9. The third-order valence-corrected chi connectivity index (χ3v) is 8.31. The first-order chi connectivity index (χ1) is 20.2. The molecular weight excluding hydrogens is 520 g/mol. The van der Waals surface area contributed by atoms with Crippen LogP contribution in [0.2, 0.25) is 0 Å². The molecule has 1 saturated carbocycles. The molecule has 1 N–H and O–H groups in total. The largest absolute Gasteiger partial charge is 0.490 e. The Hall–Kier alpha value is -3.28. The van der Waals surface area contributed by atoms with Crippen LogP contribution < -0.4 is 19.7 Å². The van der Waals surface area contributed by atoms with Crippen LogP contribution >= 0.6 is 0 Å². The van der Waals surface area contributed by atoms with Gasteiger partial charge in [-0.3, -0.25) is 4.98 Å². The molecule has 0 unspecified atom stereocenters. The summed E-state index contributed by atoms with van der Waals surface area (Å²) in [5.41, 5.74) is 2.80. The van der Waals surface area contributed by atoms with Gasteiger partial charge in [0, 0.05) is 76.0 Å². The number of hydrogen-bond donors (Lipinski definition) is 1. The molecule has 0 radical (unpaired) electrons. The molecule has 0 amide bonds. The zero-order valence-electron chi connectivity index (χ0n) is 24.1. The number of morpholine rings is 1. The van der Waals surface area contributed by atoms with Crippen molar-refractivity contribution in [3.8, 4) is 11.5 Å². The van der Waals surface area contributed by atoms with Gasteiger partial charge in [-0.2, -0.15) is 0 Å². The van der Waals surface area contributed by atoms with E-state index in [1.807, 2.05) is 0 Å². The number of hydrogen-bond acceptors (Lipinski definition) is 11. The summed E-state index contributed by atoms with van der Waals surface area (Å²) in [4.78, 5) is 25.4. The van der Waals surface area contributed by atoms with Crippen molar-refractivity contribution >= 4 is 22.7 Å². The Balaban J connectivity index is 0.960. The van der Waals surface area contributed by atoms with Gasteiger partial charge >= 0.3 is 0 Å². The molecule has 3 fully saturated rings. The molecule has 0 spiro atoms. The van der Waals surface area contributed by atoms with Gasteiger partial charge in [0.25, 0.3) is 0 Å². The van der Waals surface area contributed by atoms with Crippen molar-refractivity contribution in [2.45, 2.75) is 44.2 Å². The number of nitrogens with one attached hydrogen (secondary N) is 1. The van der Waals surface area contributed by atoms with E-state index in [1.54, 1.807) is 24.8 Å². The molecule has 220 valence electrons. The van der Waals surface area contributed by atoms with Gasteiger partial charge in [0.15, 0.2) is 5.75 Å². The number of benzene rings is 1. The monoisotopic (exact) mass is 562 g/mol. The molecule has 41 heavy (non-hydrogen) atoms. The number of nitrogens with zero attached hydrogens (tertiary/aromatic N) is 7. The summed E-state index contributed by atoms with van der Waals surface area (Å²) >= 11 is 0. The molecule has 1 aliphatic carbocycles. The second-order valence-electron chi connectivity index (χ2n) is 11.3. The second kappa shape index (κ2) is 13.6. The van der Waals surface area contributed by atoms with Crippen LogP contribution in [0.15, 0.2) is 36.9 Å². The van der Waals surface area contributed by atoms with Crippen LogP contribution in [0.5, 0.6) is 11.5 Å². The predicted octanol–water partition coefficient (Wildman–Crippen LogP) is 3.07. The Morgan fingerprint density at radius 3 is 2.44 bits per heavy atom. The average Bonchev–Trinajstić information content (AvgIpc) is 3.02. The third kappa shape index (κ3) is 7.52. The Morgan fingerprint density at radius 2 is 1.66 bits per heavy atom. The zero-order valence-corrected chi connectivity index (χ0v) is 24.1. The Morgan fingerprint density at radius 1 is 0.902 bits per heavy atom. The average molecular weight is 563 g/mol. The minimum atomic E-state index is 0.140. The smallest absolute Gasteiger partial charge is 0.223 e. The third-order valence-electron chi connectivity index (χ3n) is 8.31. The molecule has 3 aromatic rings. The van der Waals surface area contributed by atoms with Gasteiger partial charge in [0.2, 0.25) is 5.95 Å². The fraction of sp³-hybridized carbons (Fsp3) is 0.600. The van der Waals surface area contributed by atoms with Crippen LogP contribution in [-0.4, -0.2) is 115 Å². The van der Waals surface area contributed by atoms with E-state index in [1.165, 1.54) is 0 Å². The van der Waals surface area contributed by atoms with E-state index in [9.17, 15) is 0 Å². The Bertz CT molecular complexity index is 1240. The van der Waals surface area contributed by atoms with Gasteiger partial charge in [-0.1, -0.05) is 0 Å². The van der Waals surface area contributed by atoms with Gasteiger partial charge < -0.3 is 34.2 Å². The van der Waals surface area contributed by atoms with E-state index in [0.29, 0.717) is 18.6 Å². The van der Waals surface area contributed by atoms with E-state index in [4.69, 9.17) is 14.2 Å². The lowest BCUT2D eigenvalue weighted by Gasteiger charge is -2.32. The summed E-state index contributed by atoms with van der Waals surface area (Å²) in [5.74, 6) is 2.19. The van der Waals surface area contributed by atoms with Crippen molar-refractivity contribution in [2.24, 2.45) is 0 Å². The lowest BCUT2D eigenvalue weighted by molar-refractivity contribution is 0.122.